The topological polar surface area (TPSA) is 72.9 Å². The maximum absolute atomic E-state index is 11.7. The number of rotatable bonds is 3. The number of amides is 1. The molecule has 0 aliphatic carbocycles. The van der Waals surface area contributed by atoms with Gasteiger partial charge in [-0.3, -0.25) is 4.79 Å². The van der Waals surface area contributed by atoms with Gasteiger partial charge in [-0.25, -0.2) is 4.68 Å². The Hall–Kier alpha value is -2.34. The number of benzene rings is 2. The number of aromatic nitrogens is 2. The number of primary amides is 1. The van der Waals surface area contributed by atoms with Crippen molar-refractivity contribution >= 4 is 29.1 Å². The largest absolute Gasteiger partial charge is 0.364 e. The molecule has 1 saturated heterocycles. The van der Waals surface area contributed by atoms with Crippen LogP contribution in [0.5, 0.6) is 0 Å². The van der Waals surface area contributed by atoms with Gasteiger partial charge in [-0.1, -0.05) is 53.9 Å². The summed E-state index contributed by atoms with van der Waals surface area (Å²) in [6, 6.07) is 14.6. The molecule has 1 amide bonds. The van der Waals surface area contributed by atoms with E-state index in [4.69, 9.17) is 28.9 Å². The Morgan fingerprint density at radius 1 is 1.03 bits per heavy atom. The van der Waals surface area contributed by atoms with Gasteiger partial charge in [0.25, 0.3) is 5.91 Å². The summed E-state index contributed by atoms with van der Waals surface area (Å²) in [7, 11) is 0. The molecule has 4 rings (SSSR count). The van der Waals surface area contributed by atoms with Crippen LogP contribution in [0.1, 0.15) is 35.3 Å². The van der Waals surface area contributed by atoms with Crippen LogP contribution in [-0.2, 0) is 0 Å². The van der Waals surface area contributed by atoms with Gasteiger partial charge in [0.2, 0.25) is 0 Å². The van der Waals surface area contributed by atoms with Crippen LogP contribution in [0.4, 0.5) is 0 Å². The van der Waals surface area contributed by atoms with Crippen LogP contribution in [0.25, 0.3) is 16.9 Å². The molecule has 29 heavy (non-hydrogen) atoms. The molecule has 152 valence electrons. The number of carbonyl (C=O) groups excluding carboxylic acids is 1. The van der Waals surface area contributed by atoms with Crippen LogP contribution in [0.3, 0.4) is 0 Å². The van der Waals surface area contributed by atoms with E-state index in [1.807, 2.05) is 37.3 Å². The molecule has 1 fully saturated rings. The van der Waals surface area contributed by atoms with Crippen LogP contribution in [-0.4, -0.2) is 28.8 Å². The molecular formula is C22H24Cl2N4O. The number of para-hydroxylation sites is 1. The maximum Gasteiger partial charge on any atom is 0.269 e. The van der Waals surface area contributed by atoms with Gasteiger partial charge in [0.05, 0.1) is 16.4 Å². The number of nitrogens with one attached hydrogen (secondary N) is 1. The molecule has 3 aromatic rings. The Labute approximate surface area is 180 Å². The van der Waals surface area contributed by atoms with E-state index in [0.29, 0.717) is 21.3 Å². The molecule has 0 saturated carbocycles. The van der Waals surface area contributed by atoms with Crippen molar-refractivity contribution in [3.63, 3.8) is 0 Å². The molecule has 2 heterocycles. The molecule has 5 nitrogen and oxygen atoms in total. The van der Waals surface area contributed by atoms with Crippen molar-refractivity contribution in [2.24, 2.45) is 5.73 Å². The summed E-state index contributed by atoms with van der Waals surface area (Å²) in [5.74, 6) is -0.580. The Morgan fingerprint density at radius 3 is 2.21 bits per heavy atom. The Bertz CT molecular complexity index is 967. The fraction of sp³-hybridized carbons (Fsp3) is 0.273. The quantitative estimate of drug-likeness (QED) is 0.612. The first-order valence-corrected chi connectivity index (χ1v) is 10.4. The van der Waals surface area contributed by atoms with Gasteiger partial charge in [0.1, 0.15) is 0 Å². The highest BCUT2D eigenvalue weighted by atomic mass is 35.5. The second-order valence-corrected chi connectivity index (χ2v) is 7.71. The zero-order valence-corrected chi connectivity index (χ0v) is 17.8. The van der Waals surface area contributed by atoms with E-state index in [1.54, 1.807) is 22.9 Å². The maximum atomic E-state index is 11.7. The van der Waals surface area contributed by atoms with Gasteiger partial charge in [0.15, 0.2) is 5.69 Å². The first kappa shape index (κ1) is 21.4. The van der Waals surface area contributed by atoms with Crippen molar-refractivity contribution in [2.75, 3.05) is 13.1 Å². The minimum atomic E-state index is -0.580. The third-order valence-corrected chi connectivity index (χ3v) is 5.33. The van der Waals surface area contributed by atoms with Crippen molar-refractivity contribution < 1.29 is 4.79 Å². The molecule has 2 aromatic carbocycles. The molecule has 1 aliphatic rings. The Balaban J connectivity index is 0.000000343. The Kier molecular flexibility index (Phi) is 7.31. The lowest BCUT2D eigenvalue weighted by atomic mass is 10.1. The van der Waals surface area contributed by atoms with Gasteiger partial charge in [-0.05, 0) is 57.1 Å². The van der Waals surface area contributed by atoms with Crippen molar-refractivity contribution in [1.82, 2.24) is 15.1 Å². The molecule has 0 radical (unpaired) electrons. The molecular weight excluding hydrogens is 407 g/mol. The molecule has 7 heteroatoms. The smallest absolute Gasteiger partial charge is 0.269 e. The van der Waals surface area contributed by atoms with Gasteiger partial charge < -0.3 is 11.1 Å². The van der Waals surface area contributed by atoms with E-state index < -0.39 is 5.91 Å². The monoisotopic (exact) mass is 430 g/mol. The summed E-state index contributed by atoms with van der Waals surface area (Å²) in [6.07, 6.45) is 4.22. The van der Waals surface area contributed by atoms with Gasteiger partial charge >= 0.3 is 0 Å². The van der Waals surface area contributed by atoms with E-state index >= 15 is 0 Å². The fourth-order valence-electron chi connectivity index (χ4n) is 3.28. The Morgan fingerprint density at radius 2 is 1.69 bits per heavy atom. The average molecular weight is 431 g/mol. The zero-order valence-electron chi connectivity index (χ0n) is 16.3. The van der Waals surface area contributed by atoms with Crippen LogP contribution in [0.2, 0.25) is 10.0 Å². The first-order chi connectivity index (χ1) is 14.0. The lowest BCUT2D eigenvalue weighted by molar-refractivity contribution is 0.0994. The highest BCUT2D eigenvalue weighted by Gasteiger charge is 2.21. The minimum absolute atomic E-state index is 0.217. The molecule has 0 atom stereocenters. The normalized spacial score (nSPS) is 13.5. The van der Waals surface area contributed by atoms with Crippen LogP contribution >= 0.6 is 23.2 Å². The zero-order chi connectivity index (χ0) is 20.8. The van der Waals surface area contributed by atoms with E-state index in [-0.39, 0.29) is 5.69 Å². The third-order valence-electron chi connectivity index (χ3n) is 4.76. The standard InChI is InChI=1S/C17H13Cl2N3O.C5H11N/c1-10-15(17(20)23)21-22(14-5-3-2-4-13(14)19)16(10)11-6-8-12(18)9-7-11;1-2-4-6-5-3-1/h2-9H,1H3,(H2,20,23);6H,1-5H2. The highest BCUT2D eigenvalue weighted by Crippen LogP contribution is 2.31. The van der Waals surface area contributed by atoms with Crippen LogP contribution in [0.15, 0.2) is 48.5 Å². The second-order valence-electron chi connectivity index (χ2n) is 6.87. The molecule has 0 bridgehead atoms. The summed E-state index contributed by atoms with van der Waals surface area (Å²) >= 11 is 12.2. The van der Waals surface area contributed by atoms with E-state index in [0.717, 1.165) is 11.3 Å². The predicted octanol–water partition coefficient (Wildman–Crippen LogP) is 5.01. The molecule has 1 aromatic heterocycles. The fourth-order valence-corrected chi connectivity index (χ4v) is 3.62. The molecule has 1 aliphatic heterocycles. The van der Waals surface area contributed by atoms with E-state index in [1.165, 1.54) is 32.4 Å². The van der Waals surface area contributed by atoms with Gasteiger partial charge in [-0.15, -0.1) is 0 Å². The number of carbonyl (C=O) groups is 1. The molecule has 3 N–H and O–H groups in total. The van der Waals surface area contributed by atoms with Crippen molar-refractivity contribution in [3.05, 3.63) is 69.8 Å². The molecule has 0 unspecified atom stereocenters. The lowest BCUT2D eigenvalue weighted by Gasteiger charge is -2.10. The highest BCUT2D eigenvalue weighted by molar-refractivity contribution is 6.32. The van der Waals surface area contributed by atoms with Crippen molar-refractivity contribution in [2.45, 2.75) is 26.2 Å². The summed E-state index contributed by atoms with van der Waals surface area (Å²) < 4.78 is 1.64. The van der Waals surface area contributed by atoms with Gasteiger partial charge in [-0.2, -0.15) is 5.10 Å². The number of hydrogen-bond acceptors (Lipinski definition) is 3. The van der Waals surface area contributed by atoms with Crippen molar-refractivity contribution in [3.8, 4) is 16.9 Å². The summed E-state index contributed by atoms with van der Waals surface area (Å²) in [5.41, 5.74) is 8.65. The number of halogens is 2. The number of piperidine rings is 1. The third kappa shape index (κ3) is 5.18. The minimum Gasteiger partial charge on any atom is -0.364 e. The van der Waals surface area contributed by atoms with E-state index in [2.05, 4.69) is 10.4 Å². The van der Waals surface area contributed by atoms with Crippen LogP contribution < -0.4 is 11.1 Å². The molecule has 0 spiro atoms. The van der Waals surface area contributed by atoms with E-state index in [9.17, 15) is 4.79 Å². The average Bonchev–Trinajstić information content (AvgIpc) is 3.08. The van der Waals surface area contributed by atoms with Crippen molar-refractivity contribution in [1.29, 1.82) is 0 Å². The SMILES string of the molecule is C1CCNCC1.Cc1c(C(N)=O)nn(-c2ccccc2Cl)c1-c1ccc(Cl)cc1. The second kappa shape index (κ2) is 9.92. The predicted molar refractivity (Wildman–Crippen MR) is 119 cm³/mol. The summed E-state index contributed by atoms with van der Waals surface area (Å²) in [4.78, 5) is 11.7. The summed E-state index contributed by atoms with van der Waals surface area (Å²) in [5, 5.41) is 8.81. The van der Waals surface area contributed by atoms with Crippen LogP contribution in [0, 0.1) is 6.92 Å². The van der Waals surface area contributed by atoms with Gasteiger partial charge in [0, 0.05) is 16.1 Å². The summed E-state index contributed by atoms with van der Waals surface area (Å²) in [6.45, 7) is 4.31. The lowest BCUT2D eigenvalue weighted by Crippen LogP contribution is -2.21. The number of nitrogens with two attached hydrogens (primary N) is 1. The first-order valence-electron chi connectivity index (χ1n) is 9.60. The number of nitrogens with zero attached hydrogens (tertiary/aromatic N) is 2. The number of hydrogen-bond donors (Lipinski definition) is 2.